The SMILES string of the molecule is CC(NC(=O)OCc1ccccc1)C(=O)O.COC(=O)C(N)CO. The number of nitrogens with two attached hydrogens (primary N) is 1. The van der Waals surface area contributed by atoms with Crippen LogP contribution in [-0.2, 0) is 25.7 Å². The fourth-order valence-electron chi connectivity index (χ4n) is 1.23. The summed E-state index contributed by atoms with van der Waals surface area (Å²) in [6.07, 6.45) is -0.737. The Labute approximate surface area is 139 Å². The van der Waals surface area contributed by atoms with Gasteiger partial charge in [0.15, 0.2) is 0 Å². The minimum atomic E-state index is -1.10. The van der Waals surface area contributed by atoms with Crippen molar-refractivity contribution in [2.45, 2.75) is 25.6 Å². The largest absolute Gasteiger partial charge is 0.480 e. The van der Waals surface area contributed by atoms with Gasteiger partial charge in [0.2, 0.25) is 0 Å². The Kier molecular flexibility index (Phi) is 10.5. The molecule has 1 rings (SSSR count). The van der Waals surface area contributed by atoms with Crippen molar-refractivity contribution in [3.05, 3.63) is 35.9 Å². The molecule has 0 aliphatic heterocycles. The molecule has 1 aromatic rings. The highest BCUT2D eigenvalue weighted by Crippen LogP contribution is 2.00. The third-order valence-electron chi connectivity index (χ3n) is 2.62. The van der Waals surface area contributed by atoms with E-state index in [2.05, 4.69) is 10.1 Å². The zero-order valence-electron chi connectivity index (χ0n) is 13.5. The lowest BCUT2D eigenvalue weighted by molar-refractivity contribution is -0.143. The molecule has 0 aliphatic carbocycles. The van der Waals surface area contributed by atoms with Gasteiger partial charge in [-0.25, -0.2) is 4.79 Å². The van der Waals surface area contributed by atoms with Crippen LogP contribution in [-0.4, -0.2) is 54.0 Å². The maximum Gasteiger partial charge on any atom is 0.408 e. The van der Waals surface area contributed by atoms with E-state index >= 15 is 0 Å². The van der Waals surface area contributed by atoms with Crippen LogP contribution in [0.15, 0.2) is 30.3 Å². The quantitative estimate of drug-likeness (QED) is 0.522. The van der Waals surface area contributed by atoms with Crippen LogP contribution in [0.2, 0.25) is 0 Å². The molecular formula is C15H22N2O7. The number of carboxylic acid groups (broad SMARTS) is 1. The Balaban J connectivity index is 0.000000561. The lowest BCUT2D eigenvalue weighted by Crippen LogP contribution is -2.38. The van der Waals surface area contributed by atoms with Crippen molar-refractivity contribution >= 4 is 18.0 Å². The molecule has 0 bridgehead atoms. The first-order valence-electron chi connectivity index (χ1n) is 6.96. The molecule has 0 saturated carbocycles. The lowest BCUT2D eigenvalue weighted by Gasteiger charge is -2.09. The van der Waals surface area contributed by atoms with Crippen LogP contribution < -0.4 is 11.1 Å². The number of aliphatic carboxylic acids is 1. The maximum atomic E-state index is 11.1. The number of hydrogen-bond donors (Lipinski definition) is 4. The second-order valence-electron chi connectivity index (χ2n) is 4.58. The molecule has 5 N–H and O–H groups in total. The van der Waals surface area contributed by atoms with Gasteiger partial charge in [0.05, 0.1) is 13.7 Å². The second-order valence-corrected chi connectivity index (χ2v) is 4.58. The second kappa shape index (κ2) is 11.9. The average Bonchev–Trinajstić information content (AvgIpc) is 2.59. The van der Waals surface area contributed by atoms with Crippen LogP contribution in [0, 0.1) is 0 Å². The predicted octanol–water partition coefficient (Wildman–Crippen LogP) is -0.135. The third kappa shape index (κ3) is 9.38. The van der Waals surface area contributed by atoms with Crippen molar-refractivity contribution < 1.29 is 34.1 Å². The Morgan fingerprint density at radius 2 is 1.83 bits per heavy atom. The van der Waals surface area contributed by atoms with Crippen molar-refractivity contribution in [2.75, 3.05) is 13.7 Å². The van der Waals surface area contributed by atoms with Crippen LogP contribution in [0.4, 0.5) is 4.79 Å². The van der Waals surface area contributed by atoms with Gasteiger partial charge < -0.3 is 30.7 Å². The average molecular weight is 342 g/mol. The van der Waals surface area contributed by atoms with Crippen molar-refractivity contribution in [1.82, 2.24) is 5.32 Å². The number of aliphatic hydroxyl groups is 1. The van der Waals surface area contributed by atoms with E-state index in [0.29, 0.717) is 0 Å². The fraction of sp³-hybridized carbons (Fsp3) is 0.400. The number of carbonyl (C=O) groups excluding carboxylic acids is 2. The highest BCUT2D eigenvalue weighted by atomic mass is 16.5. The van der Waals surface area contributed by atoms with E-state index in [-0.39, 0.29) is 13.2 Å². The predicted molar refractivity (Wildman–Crippen MR) is 83.9 cm³/mol. The molecule has 9 nitrogen and oxygen atoms in total. The summed E-state index contributed by atoms with van der Waals surface area (Å²) in [6, 6.07) is 7.30. The molecule has 9 heteroatoms. The van der Waals surface area contributed by atoms with E-state index in [0.717, 1.165) is 5.56 Å². The van der Waals surface area contributed by atoms with Crippen LogP contribution in [0.1, 0.15) is 12.5 Å². The molecule has 24 heavy (non-hydrogen) atoms. The number of carbonyl (C=O) groups is 3. The molecular weight excluding hydrogens is 320 g/mol. The van der Waals surface area contributed by atoms with Gasteiger partial charge >= 0.3 is 18.0 Å². The van der Waals surface area contributed by atoms with E-state index in [4.69, 9.17) is 20.7 Å². The molecule has 0 saturated heterocycles. The van der Waals surface area contributed by atoms with Gasteiger partial charge in [-0.05, 0) is 12.5 Å². The lowest BCUT2D eigenvalue weighted by atomic mass is 10.2. The maximum absolute atomic E-state index is 11.1. The molecule has 2 atom stereocenters. The molecule has 0 aliphatic rings. The summed E-state index contributed by atoms with van der Waals surface area (Å²) in [5.41, 5.74) is 5.85. The summed E-state index contributed by atoms with van der Waals surface area (Å²) in [4.78, 5) is 31.8. The highest BCUT2D eigenvalue weighted by molar-refractivity contribution is 5.79. The fourth-order valence-corrected chi connectivity index (χ4v) is 1.23. The van der Waals surface area contributed by atoms with E-state index in [1.54, 1.807) is 0 Å². The minimum Gasteiger partial charge on any atom is -0.480 e. The van der Waals surface area contributed by atoms with Crippen molar-refractivity contribution in [1.29, 1.82) is 0 Å². The number of methoxy groups -OCH3 is 1. The van der Waals surface area contributed by atoms with Gasteiger partial charge in [-0.1, -0.05) is 30.3 Å². The summed E-state index contributed by atoms with van der Waals surface area (Å²) in [6.45, 7) is 1.12. The zero-order chi connectivity index (χ0) is 18.5. The molecule has 2 unspecified atom stereocenters. The number of benzene rings is 1. The van der Waals surface area contributed by atoms with Gasteiger partial charge in [0.25, 0.3) is 0 Å². The highest BCUT2D eigenvalue weighted by Gasteiger charge is 2.14. The molecule has 0 aromatic heterocycles. The Hall–Kier alpha value is -2.65. The Morgan fingerprint density at radius 1 is 1.25 bits per heavy atom. The number of ether oxygens (including phenoxy) is 2. The standard InChI is InChI=1S/C11H13NO4.C4H9NO3/c1-8(10(13)14)12-11(15)16-7-9-5-3-2-4-6-9;1-8-4(7)3(5)2-6/h2-6,8H,7H2,1H3,(H,12,15)(H,13,14);3,6H,2,5H2,1H3. The first-order chi connectivity index (χ1) is 11.3. The van der Waals surface area contributed by atoms with E-state index in [9.17, 15) is 14.4 Å². The molecule has 1 amide bonds. The Bertz CT molecular complexity index is 522. The number of amides is 1. The topological polar surface area (TPSA) is 148 Å². The summed E-state index contributed by atoms with van der Waals surface area (Å²) in [5.74, 6) is -1.69. The summed E-state index contributed by atoms with van der Waals surface area (Å²) in [7, 11) is 1.22. The number of aliphatic hydroxyl groups excluding tert-OH is 1. The van der Waals surface area contributed by atoms with Crippen LogP contribution in [0.3, 0.4) is 0 Å². The van der Waals surface area contributed by atoms with Crippen molar-refractivity contribution in [3.8, 4) is 0 Å². The van der Waals surface area contributed by atoms with Gasteiger partial charge in [0, 0.05) is 0 Å². The van der Waals surface area contributed by atoms with Gasteiger partial charge in [-0.15, -0.1) is 0 Å². The van der Waals surface area contributed by atoms with E-state index < -0.39 is 30.1 Å². The summed E-state index contributed by atoms with van der Waals surface area (Å²) in [5, 5.41) is 18.9. The number of hydrogen-bond acceptors (Lipinski definition) is 7. The van der Waals surface area contributed by atoms with Gasteiger partial charge in [-0.2, -0.15) is 0 Å². The summed E-state index contributed by atoms with van der Waals surface area (Å²) < 4.78 is 9.01. The summed E-state index contributed by atoms with van der Waals surface area (Å²) >= 11 is 0. The van der Waals surface area contributed by atoms with Crippen molar-refractivity contribution in [2.24, 2.45) is 5.73 Å². The van der Waals surface area contributed by atoms with E-state index in [1.807, 2.05) is 30.3 Å². The molecule has 134 valence electrons. The first kappa shape index (κ1) is 21.4. The van der Waals surface area contributed by atoms with Crippen LogP contribution in [0.5, 0.6) is 0 Å². The van der Waals surface area contributed by atoms with E-state index in [1.165, 1.54) is 14.0 Å². The van der Waals surface area contributed by atoms with Crippen molar-refractivity contribution in [3.63, 3.8) is 0 Å². The Morgan fingerprint density at radius 3 is 2.25 bits per heavy atom. The van der Waals surface area contributed by atoms with Gasteiger partial charge in [-0.3, -0.25) is 9.59 Å². The number of esters is 1. The number of carboxylic acids is 1. The van der Waals surface area contributed by atoms with Crippen LogP contribution in [0.25, 0.3) is 0 Å². The molecule has 0 radical (unpaired) electrons. The number of alkyl carbamates (subject to hydrolysis) is 1. The number of rotatable bonds is 6. The molecule has 1 aromatic carbocycles. The molecule has 0 heterocycles. The molecule has 0 spiro atoms. The third-order valence-corrected chi connectivity index (χ3v) is 2.62. The monoisotopic (exact) mass is 342 g/mol. The zero-order valence-corrected chi connectivity index (χ0v) is 13.5. The van der Waals surface area contributed by atoms with Crippen LogP contribution >= 0.6 is 0 Å². The smallest absolute Gasteiger partial charge is 0.408 e. The first-order valence-corrected chi connectivity index (χ1v) is 6.96. The minimum absolute atomic E-state index is 0.124. The normalized spacial score (nSPS) is 12.0. The van der Waals surface area contributed by atoms with Gasteiger partial charge in [0.1, 0.15) is 18.7 Å². The number of nitrogens with one attached hydrogen (secondary N) is 1. The molecule has 0 fully saturated rings.